The minimum Gasteiger partial charge on any atom is -0.493 e. The number of nitrogens with zero attached hydrogens (tertiary/aromatic N) is 3. The molecule has 7 heteroatoms. The van der Waals surface area contributed by atoms with E-state index >= 15 is 0 Å². The summed E-state index contributed by atoms with van der Waals surface area (Å²) in [5, 5.41) is 28.3. The lowest BCUT2D eigenvalue weighted by molar-refractivity contribution is 0.306. The monoisotopic (exact) mass is 302 g/mol. The van der Waals surface area contributed by atoms with Crippen LogP contribution in [0.5, 0.6) is 5.75 Å². The summed E-state index contributed by atoms with van der Waals surface area (Å²) in [6.45, 7) is 2.29. The number of nitrogens with one attached hydrogen (secondary N) is 1. The van der Waals surface area contributed by atoms with Crippen molar-refractivity contribution >= 4 is 5.69 Å². The summed E-state index contributed by atoms with van der Waals surface area (Å²) >= 11 is 0. The minimum atomic E-state index is -0.991. The van der Waals surface area contributed by atoms with Crippen molar-refractivity contribution in [2.24, 2.45) is 0 Å². The summed E-state index contributed by atoms with van der Waals surface area (Å²) in [6, 6.07) is 6.40. The predicted molar refractivity (Wildman–Crippen MR) is 74.2 cm³/mol. The van der Waals surface area contributed by atoms with E-state index in [0.717, 1.165) is 25.0 Å². The molecule has 0 aliphatic rings. The molecule has 1 aromatic rings. The maximum Gasteiger partial charge on any atom is 0.163 e. The van der Waals surface area contributed by atoms with Gasteiger partial charge in [-0.2, -0.15) is 15.8 Å². The van der Waals surface area contributed by atoms with Crippen LogP contribution in [0.3, 0.4) is 0 Å². The standard InChI is InChI=1S/C15H12F2N4O/c1-2-3-4-22-11-5-12(16)15(13(17)6-11)21-14(9-20)10(7-18)8-19/h5-6,21H,2-4H2,1H3. The van der Waals surface area contributed by atoms with E-state index in [1.54, 1.807) is 0 Å². The number of nitriles is 3. The molecule has 0 saturated heterocycles. The van der Waals surface area contributed by atoms with Crippen LogP contribution < -0.4 is 10.1 Å². The van der Waals surface area contributed by atoms with Crippen molar-refractivity contribution in [3.8, 4) is 24.0 Å². The van der Waals surface area contributed by atoms with Gasteiger partial charge in [-0.3, -0.25) is 0 Å². The molecule has 5 nitrogen and oxygen atoms in total. The highest BCUT2D eigenvalue weighted by Crippen LogP contribution is 2.26. The number of ether oxygens (including phenoxy) is 1. The van der Waals surface area contributed by atoms with Crippen LogP contribution in [-0.2, 0) is 0 Å². The Morgan fingerprint density at radius 3 is 2.18 bits per heavy atom. The van der Waals surface area contributed by atoms with Gasteiger partial charge in [-0.1, -0.05) is 13.3 Å². The number of rotatable bonds is 6. The Hall–Kier alpha value is -3.11. The fourth-order valence-electron chi connectivity index (χ4n) is 1.50. The highest BCUT2D eigenvalue weighted by Gasteiger charge is 2.15. The Kier molecular flexibility index (Phi) is 6.34. The van der Waals surface area contributed by atoms with Crippen molar-refractivity contribution in [1.29, 1.82) is 15.8 Å². The van der Waals surface area contributed by atoms with Gasteiger partial charge in [0.05, 0.1) is 6.61 Å². The Morgan fingerprint density at radius 1 is 1.14 bits per heavy atom. The van der Waals surface area contributed by atoms with Gasteiger partial charge in [-0.15, -0.1) is 0 Å². The lowest BCUT2D eigenvalue weighted by Gasteiger charge is -2.10. The topological polar surface area (TPSA) is 92.6 Å². The maximum atomic E-state index is 13.9. The van der Waals surface area contributed by atoms with Crippen LogP contribution in [0.25, 0.3) is 0 Å². The first-order valence-corrected chi connectivity index (χ1v) is 6.40. The molecule has 112 valence electrons. The number of hydrogen-bond acceptors (Lipinski definition) is 5. The van der Waals surface area contributed by atoms with Gasteiger partial charge >= 0.3 is 0 Å². The summed E-state index contributed by atoms with van der Waals surface area (Å²) in [5.41, 5.74) is -1.71. The van der Waals surface area contributed by atoms with Gasteiger partial charge in [0.25, 0.3) is 0 Å². The quantitative estimate of drug-likeness (QED) is 0.642. The predicted octanol–water partition coefficient (Wildman–Crippen LogP) is 3.38. The summed E-state index contributed by atoms with van der Waals surface area (Å²) in [6.07, 6.45) is 1.63. The number of unbranched alkanes of at least 4 members (excludes halogenated alkanes) is 1. The van der Waals surface area contributed by atoms with Crippen molar-refractivity contribution in [3.63, 3.8) is 0 Å². The molecule has 0 heterocycles. The molecule has 0 aliphatic carbocycles. The number of allylic oxidation sites excluding steroid dienone is 2. The Labute approximate surface area is 126 Å². The van der Waals surface area contributed by atoms with Gasteiger partial charge < -0.3 is 10.1 Å². The largest absolute Gasteiger partial charge is 0.493 e. The van der Waals surface area contributed by atoms with Gasteiger partial charge in [-0.25, -0.2) is 8.78 Å². The van der Waals surface area contributed by atoms with Crippen molar-refractivity contribution in [2.75, 3.05) is 11.9 Å². The van der Waals surface area contributed by atoms with Crippen molar-refractivity contribution < 1.29 is 13.5 Å². The van der Waals surface area contributed by atoms with Crippen LogP contribution in [0.2, 0.25) is 0 Å². The smallest absolute Gasteiger partial charge is 0.163 e. The Bertz CT molecular complexity index is 669. The highest BCUT2D eigenvalue weighted by atomic mass is 19.1. The third-order valence-corrected chi connectivity index (χ3v) is 2.62. The molecule has 22 heavy (non-hydrogen) atoms. The van der Waals surface area contributed by atoms with E-state index in [0.29, 0.717) is 6.61 Å². The summed E-state index contributed by atoms with van der Waals surface area (Å²) in [7, 11) is 0. The van der Waals surface area contributed by atoms with Gasteiger partial charge in [0.1, 0.15) is 35.3 Å². The van der Waals surface area contributed by atoms with E-state index in [2.05, 4.69) is 5.32 Å². The van der Waals surface area contributed by atoms with Crippen LogP contribution in [0.1, 0.15) is 19.8 Å². The molecule has 0 radical (unpaired) electrons. The van der Waals surface area contributed by atoms with Crippen LogP contribution in [-0.4, -0.2) is 6.61 Å². The fourth-order valence-corrected chi connectivity index (χ4v) is 1.50. The number of halogens is 2. The van der Waals surface area contributed by atoms with Crippen LogP contribution >= 0.6 is 0 Å². The van der Waals surface area contributed by atoms with Gasteiger partial charge in [0.2, 0.25) is 0 Å². The zero-order chi connectivity index (χ0) is 16.5. The van der Waals surface area contributed by atoms with E-state index in [1.807, 2.05) is 6.92 Å². The zero-order valence-corrected chi connectivity index (χ0v) is 11.8. The first kappa shape index (κ1) is 16.9. The number of anilines is 1. The second kappa shape index (κ2) is 8.24. The normalized spacial score (nSPS) is 9.09. The van der Waals surface area contributed by atoms with Gasteiger partial charge in [0, 0.05) is 12.1 Å². The molecule has 0 aliphatic heterocycles. The molecule has 0 saturated carbocycles. The summed E-state index contributed by atoms with van der Waals surface area (Å²) in [5.74, 6) is -1.96. The van der Waals surface area contributed by atoms with Crippen molar-refractivity contribution in [1.82, 2.24) is 0 Å². The average Bonchev–Trinajstić information content (AvgIpc) is 2.50. The molecule has 1 aromatic carbocycles. The minimum absolute atomic E-state index is 0.0253. The van der Waals surface area contributed by atoms with Crippen LogP contribution in [0.4, 0.5) is 14.5 Å². The third kappa shape index (κ3) is 4.19. The molecule has 1 N–H and O–H groups in total. The summed E-state index contributed by atoms with van der Waals surface area (Å²) < 4.78 is 33.0. The highest BCUT2D eigenvalue weighted by molar-refractivity contribution is 5.60. The SMILES string of the molecule is CCCCOc1cc(F)c(NC(C#N)=C(C#N)C#N)c(F)c1. The molecule has 0 amide bonds. The molecule has 0 bridgehead atoms. The maximum absolute atomic E-state index is 13.9. The Balaban J connectivity index is 3.08. The molecule has 0 spiro atoms. The molecule has 0 atom stereocenters. The zero-order valence-electron chi connectivity index (χ0n) is 11.8. The van der Waals surface area contributed by atoms with E-state index in [-0.39, 0.29) is 5.75 Å². The van der Waals surface area contributed by atoms with Crippen LogP contribution in [0, 0.1) is 45.6 Å². The first-order chi connectivity index (χ1) is 10.6. The Morgan fingerprint density at radius 2 is 1.73 bits per heavy atom. The second-order valence-corrected chi connectivity index (χ2v) is 4.17. The molecule has 0 unspecified atom stereocenters. The first-order valence-electron chi connectivity index (χ1n) is 6.40. The lowest BCUT2D eigenvalue weighted by atomic mass is 10.2. The van der Waals surface area contributed by atoms with Gasteiger partial charge in [0.15, 0.2) is 17.2 Å². The molecular weight excluding hydrogens is 290 g/mol. The van der Waals surface area contributed by atoms with E-state index in [4.69, 9.17) is 20.5 Å². The molecule has 0 fully saturated rings. The van der Waals surface area contributed by atoms with Gasteiger partial charge in [-0.05, 0) is 6.42 Å². The lowest BCUT2D eigenvalue weighted by Crippen LogP contribution is -2.06. The third-order valence-electron chi connectivity index (χ3n) is 2.62. The fraction of sp³-hybridized carbons (Fsp3) is 0.267. The average molecular weight is 302 g/mol. The second-order valence-electron chi connectivity index (χ2n) is 4.17. The summed E-state index contributed by atoms with van der Waals surface area (Å²) in [4.78, 5) is 0. The van der Waals surface area contributed by atoms with E-state index in [1.165, 1.54) is 18.2 Å². The number of hydrogen-bond donors (Lipinski definition) is 1. The van der Waals surface area contributed by atoms with Crippen molar-refractivity contribution in [2.45, 2.75) is 19.8 Å². The molecule has 0 aromatic heterocycles. The molecular formula is C15H12F2N4O. The van der Waals surface area contributed by atoms with Crippen molar-refractivity contribution in [3.05, 3.63) is 35.0 Å². The van der Waals surface area contributed by atoms with E-state index < -0.39 is 28.6 Å². The van der Waals surface area contributed by atoms with Crippen LogP contribution in [0.15, 0.2) is 23.4 Å². The van der Waals surface area contributed by atoms with E-state index in [9.17, 15) is 8.78 Å². The molecule has 1 rings (SSSR count). The number of benzene rings is 1.